The average molecular weight is 188 g/mol. The molecule has 14 heavy (non-hydrogen) atoms. The van der Waals surface area contributed by atoms with E-state index >= 15 is 0 Å². The summed E-state index contributed by atoms with van der Waals surface area (Å²) in [4.78, 5) is 4.12. The molecular weight excluding hydrogens is 172 g/mol. The smallest absolute Gasteiger partial charge is 0.151 e. The van der Waals surface area contributed by atoms with E-state index in [9.17, 15) is 0 Å². The van der Waals surface area contributed by atoms with Gasteiger partial charge in [-0.25, -0.2) is 4.99 Å². The van der Waals surface area contributed by atoms with Gasteiger partial charge in [0.1, 0.15) is 0 Å². The maximum absolute atomic E-state index is 7.70. The standard InChI is InChI=1S/C12H16N2/c1-3-10(2)9-14-12(13)11-7-5-4-6-8-11/h4-10,13H,3H2,1-2H3/b13-12?,14-9-/t10-/m0/s1. The molecule has 0 saturated carbocycles. The fourth-order valence-electron chi connectivity index (χ4n) is 0.978. The molecule has 1 N–H and O–H groups in total. The third kappa shape index (κ3) is 3.13. The summed E-state index contributed by atoms with van der Waals surface area (Å²) in [6.45, 7) is 4.21. The van der Waals surface area contributed by atoms with Crippen LogP contribution in [0, 0.1) is 11.3 Å². The number of rotatable bonds is 3. The van der Waals surface area contributed by atoms with Crippen molar-refractivity contribution in [2.75, 3.05) is 0 Å². The van der Waals surface area contributed by atoms with Gasteiger partial charge in [0.25, 0.3) is 0 Å². The third-order valence-corrected chi connectivity index (χ3v) is 2.15. The number of nitrogens with one attached hydrogen (secondary N) is 1. The summed E-state index contributed by atoms with van der Waals surface area (Å²) >= 11 is 0. The molecule has 0 saturated heterocycles. The van der Waals surface area contributed by atoms with Crippen LogP contribution in [0.25, 0.3) is 0 Å². The van der Waals surface area contributed by atoms with E-state index in [2.05, 4.69) is 18.8 Å². The molecule has 0 amide bonds. The fourth-order valence-corrected chi connectivity index (χ4v) is 0.978. The minimum Gasteiger partial charge on any atom is -0.282 e. The fraction of sp³-hybridized carbons (Fsp3) is 0.333. The molecule has 0 fully saturated rings. The predicted octanol–water partition coefficient (Wildman–Crippen LogP) is 3.13. The van der Waals surface area contributed by atoms with Crippen LogP contribution in [0.1, 0.15) is 25.8 Å². The summed E-state index contributed by atoms with van der Waals surface area (Å²) in [6, 6.07) is 9.58. The van der Waals surface area contributed by atoms with E-state index in [1.165, 1.54) is 0 Å². The Morgan fingerprint density at radius 2 is 2.07 bits per heavy atom. The van der Waals surface area contributed by atoms with Gasteiger partial charge in [-0.15, -0.1) is 0 Å². The Balaban J connectivity index is 2.64. The first-order chi connectivity index (χ1) is 6.74. The summed E-state index contributed by atoms with van der Waals surface area (Å²) in [5, 5.41) is 7.70. The first-order valence-electron chi connectivity index (χ1n) is 4.92. The molecule has 0 aliphatic carbocycles. The third-order valence-electron chi connectivity index (χ3n) is 2.15. The summed E-state index contributed by atoms with van der Waals surface area (Å²) in [5.74, 6) is 0.782. The second-order valence-electron chi connectivity index (χ2n) is 3.38. The summed E-state index contributed by atoms with van der Waals surface area (Å²) < 4.78 is 0. The van der Waals surface area contributed by atoms with Gasteiger partial charge in [-0.1, -0.05) is 44.2 Å². The van der Waals surface area contributed by atoms with Gasteiger partial charge in [-0.3, -0.25) is 5.41 Å². The Labute approximate surface area is 85.2 Å². The van der Waals surface area contributed by atoms with Crippen molar-refractivity contribution in [3.05, 3.63) is 35.9 Å². The van der Waals surface area contributed by atoms with Crippen LogP contribution in [0.15, 0.2) is 35.3 Å². The van der Waals surface area contributed by atoms with E-state index in [1.54, 1.807) is 0 Å². The van der Waals surface area contributed by atoms with Gasteiger partial charge >= 0.3 is 0 Å². The van der Waals surface area contributed by atoms with Gasteiger partial charge in [-0.2, -0.15) is 0 Å². The zero-order valence-corrected chi connectivity index (χ0v) is 8.70. The second-order valence-corrected chi connectivity index (χ2v) is 3.38. The Morgan fingerprint density at radius 1 is 1.43 bits per heavy atom. The highest BCUT2D eigenvalue weighted by Gasteiger charge is 1.97. The van der Waals surface area contributed by atoms with Crippen LogP contribution in [-0.2, 0) is 0 Å². The number of nitrogens with zero attached hydrogens (tertiary/aromatic N) is 1. The predicted molar refractivity (Wildman–Crippen MR) is 61.2 cm³/mol. The molecule has 0 spiro atoms. The van der Waals surface area contributed by atoms with E-state index in [4.69, 9.17) is 5.41 Å². The summed E-state index contributed by atoms with van der Waals surface area (Å²) in [6.07, 6.45) is 2.90. The van der Waals surface area contributed by atoms with Crippen LogP contribution in [0.2, 0.25) is 0 Å². The molecule has 1 atom stereocenters. The molecule has 0 heterocycles. The minimum absolute atomic E-state index is 0.339. The van der Waals surface area contributed by atoms with Crippen LogP contribution < -0.4 is 0 Å². The van der Waals surface area contributed by atoms with Gasteiger partial charge in [0.05, 0.1) is 0 Å². The van der Waals surface area contributed by atoms with Crippen LogP contribution in [0.5, 0.6) is 0 Å². The van der Waals surface area contributed by atoms with Crippen LogP contribution in [0.4, 0.5) is 0 Å². The lowest BCUT2D eigenvalue weighted by Gasteiger charge is -2.00. The van der Waals surface area contributed by atoms with Crippen molar-refractivity contribution in [2.45, 2.75) is 20.3 Å². The Kier molecular flexibility index (Phi) is 4.05. The molecule has 2 nitrogen and oxygen atoms in total. The molecule has 0 unspecified atom stereocenters. The highest BCUT2D eigenvalue weighted by Crippen LogP contribution is 2.02. The van der Waals surface area contributed by atoms with Gasteiger partial charge < -0.3 is 0 Å². The van der Waals surface area contributed by atoms with Crippen molar-refractivity contribution < 1.29 is 0 Å². The van der Waals surface area contributed by atoms with Gasteiger partial charge in [0, 0.05) is 11.8 Å². The highest BCUT2D eigenvalue weighted by atomic mass is 14.8. The molecule has 0 aromatic heterocycles. The second kappa shape index (κ2) is 5.32. The molecule has 1 rings (SSSR count). The first kappa shape index (κ1) is 10.6. The van der Waals surface area contributed by atoms with Crippen LogP contribution in [-0.4, -0.2) is 12.1 Å². The Hall–Kier alpha value is -1.44. The van der Waals surface area contributed by atoms with Gasteiger partial charge in [0.2, 0.25) is 0 Å². The molecule has 1 aromatic rings. The zero-order valence-electron chi connectivity index (χ0n) is 8.70. The lowest BCUT2D eigenvalue weighted by atomic mass is 10.1. The van der Waals surface area contributed by atoms with Gasteiger partial charge in [-0.05, 0) is 12.3 Å². The molecular formula is C12H16N2. The number of amidine groups is 1. The van der Waals surface area contributed by atoms with E-state index in [1.807, 2.05) is 36.5 Å². The van der Waals surface area contributed by atoms with E-state index in [-0.39, 0.29) is 0 Å². The van der Waals surface area contributed by atoms with Crippen LogP contribution in [0.3, 0.4) is 0 Å². The van der Waals surface area contributed by atoms with Crippen molar-refractivity contribution in [1.29, 1.82) is 5.41 Å². The zero-order chi connectivity index (χ0) is 10.4. The van der Waals surface area contributed by atoms with Crippen molar-refractivity contribution in [1.82, 2.24) is 0 Å². The first-order valence-corrected chi connectivity index (χ1v) is 4.92. The molecule has 0 aliphatic rings. The molecule has 1 aromatic carbocycles. The van der Waals surface area contributed by atoms with E-state index < -0.39 is 0 Å². The van der Waals surface area contributed by atoms with E-state index in [0.29, 0.717) is 11.8 Å². The average Bonchev–Trinajstić information content (AvgIpc) is 2.26. The molecule has 2 heteroatoms. The van der Waals surface area contributed by atoms with Crippen molar-refractivity contribution >= 4 is 12.1 Å². The largest absolute Gasteiger partial charge is 0.282 e. The number of hydrogen-bond acceptors (Lipinski definition) is 1. The summed E-state index contributed by atoms with van der Waals surface area (Å²) in [5.41, 5.74) is 0.868. The Bertz CT molecular complexity index is 314. The number of aliphatic imine (C=N–C) groups is 1. The molecule has 0 aliphatic heterocycles. The maximum atomic E-state index is 7.70. The number of benzene rings is 1. The summed E-state index contributed by atoms with van der Waals surface area (Å²) in [7, 11) is 0. The minimum atomic E-state index is 0.339. The SMILES string of the molecule is CC[C@H](C)/C=N\C(=N)c1ccccc1. The maximum Gasteiger partial charge on any atom is 0.151 e. The van der Waals surface area contributed by atoms with E-state index in [0.717, 1.165) is 12.0 Å². The van der Waals surface area contributed by atoms with Crippen molar-refractivity contribution in [2.24, 2.45) is 10.9 Å². The molecule has 0 bridgehead atoms. The molecule has 74 valence electrons. The topological polar surface area (TPSA) is 36.2 Å². The lowest BCUT2D eigenvalue weighted by molar-refractivity contribution is 0.755. The number of hydrogen-bond donors (Lipinski definition) is 1. The normalized spacial score (nSPS) is 13.0. The Morgan fingerprint density at radius 3 is 2.64 bits per heavy atom. The lowest BCUT2D eigenvalue weighted by Crippen LogP contribution is -1.99. The van der Waals surface area contributed by atoms with Crippen LogP contribution >= 0.6 is 0 Å². The quantitative estimate of drug-likeness (QED) is 0.559. The monoisotopic (exact) mass is 188 g/mol. The van der Waals surface area contributed by atoms with Crippen molar-refractivity contribution in [3.63, 3.8) is 0 Å². The molecule has 0 radical (unpaired) electrons. The van der Waals surface area contributed by atoms with Crippen molar-refractivity contribution in [3.8, 4) is 0 Å². The highest BCUT2D eigenvalue weighted by molar-refractivity contribution is 6.00. The van der Waals surface area contributed by atoms with Gasteiger partial charge in [0.15, 0.2) is 5.84 Å².